The van der Waals surface area contributed by atoms with Crippen LogP contribution in [0.2, 0.25) is 0 Å². The molecule has 10 heteroatoms. The Morgan fingerprint density at radius 3 is 1.38 bits per heavy atom. The highest BCUT2D eigenvalue weighted by Gasteiger charge is 2.45. The number of amides is 4. The summed E-state index contributed by atoms with van der Waals surface area (Å²) in [5, 5.41) is 0. The number of rotatable bonds is 10. The van der Waals surface area contributed by atoms with Crippen LogP contribution in [0.5, 0.6) is 0 Å². The lowest BCUT2D eigenvalue weighted by Crippen LogP contribution is -2.34. The van der Waals surface area contributed by atoms with Crippen molar-refractivity contribution < 1.29 is 38.2 Å². The van der Waals surface area contributed by atoms with Crippen molar-refractivity contribution in [3.05, 3.63) is 12.2 Å². The number of imide groups is 2. The van der Waals surface area contributed by atoms with Gasteiger partial charge in [0.15, 0.2) is 0 Å². The topological polar surface area (TPSA) is 127 Å². The van der Waals surface area contributed by atoms with Gasteiger partial charge in [-0.2, -0.15) is 0 Å². The number of likely N-dealkylation sites (tertiary alicyclic amines) is 2. The Bertz CT molecular complexity index is 775. The van der Waals surface area contributed by atoms with Gasteiger partial charge in [-0.3, -0.25) is 29.0 Å². The molecule has 0 aromatic rings. The number of hydrogen-bond acceptors (Lipinski definition) is 8. The molecule has 2 fully saturated rings. The SMILES string of the molecule is CC1(C)CC(=O)N(CCCOC(=O)/C=C/C(=O)OCCCN2C(=O)CC(C)(C)C2=O)C1=O. The Hall–Kier alpha value is -3.04. The van der Waals surface area contributed by atoms with Gasteiger partial charge in [-0.15, -0.1) is 0 Å². The van der Waals surface area contributed by atoms with Gasteiger partial charge in [-0.1, -0.05) is 27.7 Å². The van der Waals surface area contributed by atoms with E-state index in [1.807, 2.05) is 0 Å². The van der Waals surface area contributed by atoms with Crippen molar-refractivity contribution in [2.45, 2.75) is 53.4 Å². The van der Waals surface area contributed by atoms with Crippen molar-refractivity contribution in [1.82, 2.24) is 9.80 Å². The van der Waals surface area contributed by atoms with Gasteiger partial charge in [0, 0.05) is 38.1 Å². The van der Waals surface area contributed by atoms with Crippen LogP contribution in [-0.4, -0.2) is 71.7 Å². The zero-order valence-electron chi connectivity index (χ0n) is 19.0. The predicted molar refractivity (Wildman–Crippen MR) is 111 cm³/mol. The molecule has 2 heterocycles. The molecule has 2 aliphatic heterocycles. The van der Waals surface area contributed by atoms with Gasteiger partial charge in [0.25, 0.3) is 0 Å². The van der Waals surface area contributed by atoms with Gasteiger partial charge >= 0.3 is 11.9 Å². The fourth-order valence-electron chi connectivity index (χ4n) is 3.53. The first kappa shape index (κ1) is 25.2. The minimum Gasteiger partial charge on any atom is -0.462 e. The Balaban J connectivity index is 1.60. The average molecular weight is 450 g/mol. The number of esters is 2. The van der Waals surface area contributed by atoms with Gasteiger partial charge < -0.3 is 9.47 Å². The third-order valence-corrected chi connectivity index (χ3v) is 5.33. The van der Waals surface area contributed by atoms with Crippen LogP contribution in [0.25, 0.3) is 0 Å². The lowest BCUT2D eigenvalue weighted by atomic mass is 9.92. The summed E-state index contributed by atoms with van der Waals surface area (Å²) in [5.41, 5.74) is -1.40. The van der Waals surface area contributed by atoms with Crippen LogP contribution in [0.3, 0.4) is 0 Å². The molecular formula is C22H30N2O8. The quantitative estimate of drug-likeness (QED) is 0.209. The normalized spacial score (nSPS) is 19.9. The lowest BCUT2D eigenvalue weighted by molar-refractivity contribution is -0.144. The van der Waals surface area contributed by atoms with E-state index in [1.54, 1.807) is 27.7 Å². The minimum atomic E-state index is -0.753. The van der Waals surface area contributed by atoms with Crippen molar-refractivity contribution in [2.24, 2.45) is 10.8 Å². The van der Waals surface area contributed by atoms with E-state index in [-0.39, 0.29) is 62.8 Å². The Morgan fingerprint density at radius 1 is 0.750 bits per heavy atom. The summed E-state index contributed by atoms with van der Waals surface area (Å²) >= 11 is 0. The maximum absolute atomic E-state index is 12.1. The van der Waals surface area contributed by atoms with Crippen LogP contribution in [0.1, 0.15) is 53.4 Å². The van der Waals surface area contributed by atoms with Gasteiger partial charge in [0.2, 0.25) is 23.6 Å². The van der Waals surface area contributed by atoms with E-state index >= 15 is 0 Å². The number of hydrogen-bond donors (Lipinski definition) is 0. The second-order valence-electron chi connectivity index (χ2n) is 9.20. The minimum absolute atomic E-state index is 0.00997. The maximum Gasteiger partial charge on any atom is 0.331 e. The molecule has 10 nitrogen and oxygen atoms in total. The average Bonchev–Trinajstić information content (AvgIpc) is 3.01. The highest BCUT2D eigenvalue weighted by Crippen LogP contribution is 2.32. The molecular weight excluding hydrogens is 420 g/mol. The van der Waals surface area contributed by atoms with Crippen molar-refractivity contribution >= 4 is 35.6 Å². The Labute approximate surface area is 186 Å². The fourth-order valence-corrected chi connectivity index (χ4v) is 3.53. The van der Waals surface area contributed by atoms with E-state index in [0.717, 1.165) is 12.2 Å². The Morgan fingerprint density at radius 2 is 1.09 bits per heavy atom. The van der Waals surface area contributed by atoms with E-state index in [1.165, 1.54) is 9.80 Å². The second kappa shape index (κ2) is 10.1. The zero-order valence-corrected chi connectivity index (χ0v) is 19.0. The second-order valence-corrected chi connectivity index (χ2v) is 9.20. The molecule has 2 aliphatic rings. The standard InChI is InChI=1S/C22H30N2O8/c1-21(2)13-15(25)23(19(21)29)9-5-11-31-17(27)7-8-18(28)32-12-6-10-24-16(26)14-22(3,4)20(24)30/h7-8H,5-6,9-14H2,1-4H3/b8-7+. The first-order valence-corrected chi connectivity index (χ1v) is 10.6. The molecule has 2 saturated heterocycles. The first-order valence-electron chi connectivity index (χ1n) is 10.6. The van der Waals surface area contributed by atoms with Crippen LogP contribution in [0.4, 0.5) is 0 Å². The highest BCUT2D eigenvalue weighted by atomic mass is 16.5. The van der Waals surface area contributed by atoms with Crippen LogP contribution in [0, 0.1) is 10.8 Å². The van der Waals surface area contributed by atoms with E-state index in [2.05, 4.69) is 0 Å². The highest BCUT2D eigenvalue weighted by molar-refractivity contribution is 6.06. The van der Waals surface area contributed by atoms with Crippen LogP contribution >= 0.6 is 0 Å². The van der Waals surface area contributed by atoms with Crippen molar-refractivity contribution in [3.8, 4) is 0 Å². The summed E-state index contributed by atoms with van der Waals surface area (Å²) in [6.45, 7) is 7.16. The molecule has 0 aromatic heterocycles. The third kappa shape index (κ3) is 6.24. The van der Waals surface area contributed by atoms with Crippen LogP contribution < -0.4 is 0 Å². The molecule has 0 aromatic carbocycles. The van der Waals surface area contributed by atoms with Gasteiger partial charge in [-0.25, -0.2) is 9.59 Å². The summed E-state index contributed by atoms with van der Waals surface area (Å²) in [6, 6.07) is 0. The summed E-state index contributed by atoms with van der Waals surface area (Å²) < 4.78 is 9.89. The van der Waals surface area contributed by atoms with E-state index in [0.29, 0.717) is 12.8 Å². The molecule has 4 amide bonds. The third-order valence-electron chi connectivity index (χ3n) is 5.33. The predicted octanol–water partition coefficient (Wildman–Crippen LogP) is 0.979. The molecule has 0 N–H and O–H groups in total. The molecule has 32 heavy (non-hydrogen) atoms. The number of carbonyl (C=O) groups excluding carboxylic acids is 6. The van der Waals surface area contributed by atoms with E-state index in [4.69, 9.17) is 9.47 Å². The summed E-state index contributed by atoms with van der Waals surface area (Å²) in [5.74, 6) is -2.46. The van der Waals surface area contributed by atoms with Gasteiger partial charge in [0.1, 0.15) is 0 Å². The molecule has 0 radical (unpaired) electrons. The van der Waals surface area contributed by atoms with Crippen molar-refractivity contribution in [3.63, 3.8) is 0 Å². The number of nitrogens with zero attached hydrogens (tertiary/aromatic N) is 2. The van der Waals surface area contributed by atoms with Crippen molar-refractivity contribution in [2.75, 3.05) is 26.3 Å². The molecule has 0 bridgehead atoms. The Kier molecular flexibility index (Phi) is 7.92. The van der Waals surface area contributed by atoms with Gasteiger partial charge in [0.05, 0.1) is 24.0 Å². The van der Waals surface area contributed by atoms with Crippen LogP contribution in [-0.2, 0) is 38.2 Å². The fraction of sp³-hybridized carbons (Fsp3) is 0.636. The summed E-state index contributed by atoms with van der Waals surface area (Å²) in [4.78, 5) is 73.5. The largest absolute Gasteiger partial charge is 0.462 e. The first-order chi connectivity index (χ1) is 14.8. The molecule has 0 unspecified atom stereocenters. The molecule has 0 saturated carbocycles. The van der Waals surface area contributed by atoms with E-state index < -0.39 is 22.8 Å². The van der Waals surface area contributed by atoms with Crippen molar-refractivity contribution in [1.29, 1.82) is 0 Å². The molecule has 0 aliphatic carbocycles. The summed E-state index contributed by atoms with van der Waals surface area (Å²) in [7, 11) is 0. The molecule has 176 valence electrons. The number of ether oxygens (including phenoxy) is 2. The maximum atomic E-state index is 12.1. The van der Waals surface area contributed by atoms with Crippen LogP contribution in [0.15, 0.2) is 12.2 Å². The zero-order chi connectivity index (χ0) is 24.1. The van der Waals surface area contributed by atoms with Gasteiger partial charge in [-0.05, 0) is 12.8 Å². The molecule has 2 rings (SSSR count). The molecule has 0 spiro atoms. The molecule has 0 atom stereocenters. The monoisotopic (exact) mass is 450 g/mol. The smallest absolute Gasteiger partial charge is 0.331 e. The van der Waals surface area contributed by atoms with E-state index in [9.17, 15) is 28.8 Å². The summed E-state index contributed by atoms with van der Waals surface area (Å²) in [6.07, 6.45) is 2.77. The number of carbonyl (C=O) groups is 6. The lowest BCUT2D eigenvalue weighted by Gasteiger charge is -2.17.